The van der Waals surface area contributed by atoms with Gasteiger partial charge in [0, 0.05) is 11.1 Å². The van der Waals surface area contributed by atoms with Crippen LogP contribution in [0, 0.1) is 0 Å². The molecule has 0 saturated heterocycles. The fraction of sp³-hybridized carbons (Fsp3) is 0. The van der Waals surface area contributed by atoms with E-state index in [-0.39, 0.29) is 44.4 Å². The van der Waals surface area contributed by atoms with Gasteiger partial charge in [0.2, 0.25) is 16.5 Å². The Labute approximate surface area is 280 Å². The van der Waals surface area contributed by atoms with Crippen LogP contribution in [0.5, 0.6) is 5.75 Å². The maximum absolute atomic E-state index is 12.3. The smallest absolute Gasteiger partial charge is 0.296 e. The molecule has 0 fully saturated rings. The van der Waals surface area contributed by atoms with Crippen molar-refractivity contribution >= 4 is 98.7 Å². The van der Waals surface area contributed by atoms with E-state index in [0.717, 1.165) is 30.3 Å². The van der Waals surface area contributed by atoms with Crippen molar-refractivity contribution in [3.05, 3.63) is 77.3 Å². The van der Waals surface area contributed by atoms with E-state index in [1.165, 1.54) is 36.4 Å². The number of azo groups is 2. The molecule has 0 unspecified atom stereocenters. The molecular weight excluding hydrogens is 739 g/mol. The number of benzene rings is 4. The molecule has 5 aromatic rings. The number of fused-ring (bicyclic) bond motifs is 1. The van der Waals surface area contributed by atoms with E-state index in [1.54, 1.807) is 0 Å². The Morgan fingerprint density at radius 2 is 1.23 bits per heavy atom. The van der Waals surface area contributed by atoms with Gasteiger partial charge in [0.05, 0.1) is 16.3 Å². The van der Waals surface area contributed by atoms with E-state index < -0.39 is 62.2 Å². The highest BCUT2D eigenvalue weighted by Gasteiger charge is 2.23. The van der Waals surface area contributed by atoms with Crippen molar-refractivity contribution < 1.29 is 44.0 Å². The van der Waals surface area contributed by atoms with Gasteiger partial charge in [0.15, 0.2) is 5.75 Å². The van der Waals surface area contributed by atoms with Crippen molar-refractivity contribution in [1.82, 2.24) is 15.0 Å². The quantitative estimate of drug-likeness (QED) is 0.0809. The zero-order valence-corrected chi connectivity index (χ0v) is 27.2. The first-order chi connectivity index (χ1) is 22.4. The number of phenols is 1. The highest BCUT2D eigenvalue weighted by molar-refractivity contribution is 7.86. The lowest BCUT2D eigenvalue weighted by Crippen LogP contribution is -2.01. The highest BCUT2D eigenvalue weighted by Crippen LogP contribution is 2.43. The van der Waals surface area contributed by atoms with Crippen molar-refractivity contribution in [2.24, 2.45) is 20.5 Å². The lowest BCUT2D eigenvalue weighted by Gasteiger charge is -2.11. The summed E-state index contributed by atoms with van der Waals surface area (Å²) in [5.74, 6) is -0.819. The zero-order valence-electron chi connectivity index (χ0n) is 23.2. The molecule has 0 aliphatic carbocycles. The topological polar surface area (TPSA) is 283 Å². The van der Waals surface area contributed by atoms with Gasteiger partial charge in [-0.25, -0.2) is 0 Å². The number of halogens is 2. The molecule has 0 aliphatic rings. The van der Waals surface area contributed by atoms with Crippen LogP contribution < -0.4 is 5.32 Å². The summed E-state index contributed by atoms with van der Waals surface area (Å²) in [6, 6.07) is 12.7. The molecule has 48 heavy (non-hydrogen) atoms. The van der Waals surface area contributed by atoms with E-state index >= 15 is 0 Å². The molecule has 18 nitrogen and oxygen atoms in total. The van der Waals surface area contributed by atoms with Crippen molar-refractivity contribution in [1.29, 1.82) is 0 Å². The molecular formula is C25H16Cl2N8O10S3. The van der Waals surface area contributed by atoms with Gasteiger partial charge in [-0.15, -0.1) is 10.2 Å². The summed E-state index contributed by atoms with van der Waals surface area (Å²) in [7, 11) is -14.5. The van der Waals surface area contributed by atoms with Gasteiger partial charge in [-0.05, 0) is 95.3 Å². The number of rotatable bonds is 9. The van der Waals surface area contributed by atoms with Crippen LogP contribution in [-0.2, 0) is 30.4 Å². The number of phenolic OH excluding ortho intramolecular Hbond substituents is 1. The Balaban J connectivity index is 1.52. The summed E-state index contributed by atoms with van der Waals surface area (Å²) in [5.41, 5.74) is -1.02. The van der Waals surface area contributed by atoms with Crippen LogP contribution in [0.3, 0.4) is 0 Å². The lowest BCUT2D eigenvalue weighted by molar-refractivity contribution is 0.472. The van der Waals surface area contributed by atoms with Crippen LogP contribution in [0.15, 0.2) is 102 Å². The normalized spacial score (nSPS) is 12.7. The van der Waals surface area contributed by atoms with E-state index in [9.17, 15) is 39.5 Å². The van der Waals surface area contributed by atoms with Crippen molar-refractivity contribution in [2.75, 3.05) is 5.32 Å². The molecule has 0 atom stereocenters. The molecule has 1 aromatic heterocycles. The predicted molar refractivity (Wildman–Crippen MR) is 169 cm³/mol. The first kappa shape index (κ1) is 34.6. The molecule has 4 aromatic carbocycles. The minimum atomic E-state index is -5.07. The molecule has 0 saturated carbocycles. The Bertz CT molecular complexity index is 2480. The monoisotopic (exact) mass is 754 g/mol. The van der Waals surface area contributed by atoms with E-state index in [1.807, 2.05) is 0 Å². The molecule has 0 amide bonds. The third-order valence-corrected chi connectivity index (χ3v) is 9.02. The largest absolute Gasteiger partial charge is 0.505 e. The Morgan fingerprint density at radius 3 is 1.83 bits per heavy atom. The van der Waals surface area contributed by atoms with Gasteiger partial charge in [-0.1, -0.05) is 0 Å². The molecule has 1 heterocycles. The van der Waals surface area contributed by atoms with Crippen LogP contribution in [0.1, 0.15) is 0 Å². The van der Waals surface area contributed by atoms with Crippen molar-refractivity contribution in [3.63, 3.8) is 0 Å². The van der Waals surface area contributed by atoms with Gasteiger partial charge in [0.1, 0.15) is 21.2 Å². The third-order valence-electron chi connectivity index (χ3n) is 6.06. The van der Waals surface area contributed by atoms with E-state index in [4.69, 9.17) is 27.8 Å². The highest BCUT2D eigenvalue weighted by atomic mass is 35.5. The maximum Gasteiger partial charge on any atom is 0.296 e. The van der Waals surface area contributed by atoms with Crippen molar-refractivity contribution in [2.45, 2.75) is 14.7 Å². The van der Waals surface area contributed by atoms with Crippen LogP contribution in [-0.4, -0.2) is 59.0 Å². The number of aromatic nitrogens is 3. The number of nitrogens with zero attached hydrogens (tertiary/aromatic N) is 7. The number of hydrogen-bond acceptors (Lipinski definition) is 15. The molecule has 5 N–H and O–H groups in total. The number of aromatic hydroxyl groups is 1. The second kappa shape index (κ2) is 13.0. The maximum atomic E-state index is 12.3. The average molecular weight is 756 g/mol. The Morgan fingerprint density at radius 1 is 0.625 bits per heavy atom. The first-order valence-electron chi connectivity index (χ1n) is 12.5. The van der Waals surface area contributed by atoms with Gasteiger partial charge in [-0.2, -0.15) is 50.4 Å². The number of hydrogen-bond donors (Lipinski definition) is 5. The molecule has 0 radical (unpaired) electrons. The summed E-state index contributed by atoms with van der Waals surface area (Å²) in [6.07, 6.45) is 0. The summed E-state index contributed by atoms with van der Waals surface area (Å²) < 4.78 is 100. The fourth-order valence-electron chi connectivity index (χ4n) is 3.99. The average Bonchev–Trinajstić information content (AvgIpc) is 2.98. The predicted octanol–water partition coefficient (Wildman–Crippen LogP) is 6.35. The van der Waals surface area contributed by atoms with E-state index in [2.05, 4.69) is 40.7 Å². The second-order valence-corrected chi connectivity index (χ2v) is 14.2. The van der Waals surface area contributed by atoms with Crippen LogP contribution in [0.4, 0.5) is 34.4 Å². The molecule has 0 aliphatic heterocycles. The third kappa shape index (κ3) is 8.03. The molecule has 0 bridgehead atoms. The minimum absolute atomic E-state index is 0.0315. The molecule has 0 spiro atoms. The minimum Gasteiger partial charge on any atom is -0.505 e. The summed E-state index contributed by atoms with van der Waals surface area (Å²) in [4.78, 5) is 9.19. The summed E-state index contributed by atoms with van der Waals surface area (Å²) >= 11 is 11.6. The standard InChI is InChI=1S/C25H16Cl2N8O10S3/c26-23-29-24(27)31-25(30-23)28-14-3-7-17-12(9-14)10-20(48(43,44)45)21(22(17)36)35-34-18-8-4-15(11-19(18)47(40,41)42)33-32-13-1-5-16(6-2-13)46(37,38)39/h1-11,36H,(H,37,38,39)(H,40,41,42)(H,43,44,45)(H,28,29,30,31). The molecule has 248 valence electrons. The van der Waals surface area contributed by atoms with E-state index in [0.29, 0.717) is 0 Å². The Kier molecular flexibility index (Phi) is 9.40. The first-order valence-corrected chi connectivity index (χ1v) is 17.6. The van der Waals surface area contributed by atoms with Crippen LogP contribution in [0.2, 0.25) is 10.6 Å². The van der Waals surface area contributed by atoms with Crippen molar-refractivity contribution in [3.8, 4) is 5.75 Å². The molecule has 5 rings (SSSR count). The van der Waals surface area contributed by atoms with Gasteiger partial charge in [0.25, 0.3) is 30.4 Å². The summed E-state index contributed by atoms with van der Waals surface area (Å²) in [5, 5.41) is 28.5. The number of nitrogens with one attached hydrogen (secondary N) is 1. The Hall–Kier alpha value is -4.74. The van der Waals surface area contributed by atoms with Gasteiger partial charge < -0.3 is 10.4 Å². The lowest BCUT2D eigenvalue weighted by atomic mass is 10.1. The fourth-order valence-corrected chi connectivity index (χ4v) is 6.14. The summed E-state index contributed by atoms with van der Waals surface area (Å²) in [6.45, 7) is 0. The zero-order chi connectivity index (χ0) is 35.0. The number of anilines is 2. The SMILES string of the molecule is O=S(=O)(O)c1ccc(N=Nc2ccc(N=Nc3c(S(=O)(=O)O)cc4cc(Nc5nc(Cl)nc(Cl)n5)ccc4c3O)c(S(=O)(=O)O)c2)cc1. The van der Waals surface area contributed by atoms with Gasteiger partial charge >= 0.3 is 0 Å². The van der Waals surface area contributed by atoms with Crippen LogP contribution in [0.25, 0.3) is 10.8 Å². The van der Waals surface area contributed by atoms with Crippen LogP contribution >= 0.6 is 23.2 Å². The second-order valence-electron chi connectivity index (χ2n) is 9.30. The van der Waals surface area contributed by atoms with Gasteiger partial charge in [-0.3, -0.25) is 13.7 Å². The molecule has 23 heteroatoms.